The van der Waals surface area contributed by atoms with Crippen LogP contribution in [-0.2, 0) is 0 Å². The third-order valence-electron chi connectivity index (χ3n) is 4.19. The number of anilines is 2. The summed E-state index contributed by atoms with van der Waals surface area (Å²) >= 11 is 2.75. The summed E-state index contributed by atoms with van der Waals surface area (Å²) in [5.41, 5.74) is 13.4. The normalized spacial score (nSPS) is 10.1. The maximum absolute atomic E-state index is 9.75. The van der Waals surface area contributed by atoms with Gasteiger partial charge in [0.1, 0.15) is 23.3 Å². The van der Waals surface area contributed by atoms with Crippen molar-refractivity contribution in [2.75, 3.05) is 25.7 Å². The number of nitrogens with zero attached hydrogens (tertiary/aromatic N) is 2. The van der Waals surface area contributed by atoms with E-state index in [1.807, 2.05) is 30.3 Å². The van der Waals surface area contributed by atoms with Gasteiger partial charge in [-0.15, -0.1) is 0 Å². The summed E-state index contributed by atoms with van der Waals surface area (Å²) < 4.78 is 11.2. The van der Waals surface area contributed by atoms with Crippen molar-refractivity contribution in [2.24, 2.45) is 0 Å². The van der Waals surface area contributed by atoms with Crippen LogP contribution in [0, 0.1) is 22.7 Å². The summed E-state index contributed by atoms with van der Waals surface area (Å²) in [5, 5.41) is 19.5. The van der Waals surface area contributed by atoms with Gasteiger partial charge in [-0.1, -0.05) is 35.7 Å². The van der Waals surface area contributed by atoms with Gasteiger partial charge in [0, 0.05) is 21.2 Å². The first-order valence-electron chi connectivity index (χ1n) is 8.71. The number of rotatable bonds is 6. The van der Waals surface area contributed by atoms with Gasteiger partial charge in [0.05, 0.1) is 24.0 Å². The van der Waals surface area contributed by atoms with Crippen molar-refractivity contribution < 1.29 is 9.47 Å². The lowest BCUT2D eigenvalue weighted by Gasteiger charge is -2.20. The molecule has 0 saturated carbocycles. The highest BCUT2D eigenvalue weighted by Crippen LogP contribution is 2.52. The van der Waals surface area contributed by atoms with Crippen molar-refractivity contribution in [2.45, 2.75) is 19.6 Å². The van der Waals surface area contributed by atoms with Crippen molar-refractivity contribution >= 4 is 34.9 Å². The highest BCUT2D eigenvalue weighted by Gasteiger charge is 2.27. The van der Waals surface area contributed by atoms with Crippen LogP contribution in [0.1, 0.15) is 11.1 Å². The number of methoxy groups -OCH3 is 2. The highest BCUT2D eigenvalue weighted by atomic mass is 32.2. The smallest absolute Gasteiger partial charge is 0.153 e. The van der Waals surface area contributed by atoms with E-state index >= 15 is 0 Å². The molecule has 0 fully saturated rings. The largest absolute Gasteiger partial charge is 0.494 e. The molecule has 0 amide bonds. The lowest BCUT2D eigenvalue weighted by Crippen LogP contribution is -2.02. The van der Waals surface area contributed by atoms with Crippen molar-refractivity contribution in [1.29, 1.82) is 10.5 Å². The molecule has 0 bridgehead atoms. The van der Waals surface area contributed by atoms with Crippen molar-refractivity contribution in [3.63, 3.8) is 0 Å². The quantitative estimate of drug-likeness (QED) is 0.525. The van der Waals surface area contributed by atoms with Gasteiger partial charge in [-0.2, -0.15) is 10.5 Å². The molecule has 30 heavy (non-hydrogen) atoms. The first-order chi connectivity index (χ1) is 14.5. The lowest BCUT2D eigenvalue weighted by atomic mass is 10.1. The standard InChI is InChI=1S/C22H18N4O2S2/c1-27-19-15(11-23)16(12-24)20(28-2)22(30-18-6-4-3-5-17(18)26)21(19)29-14-9-7-13(25)8-10-14/h3-10H,25-26H2,1-2H3. The predicted molar refractivity (Wildman–Crippen MR) is 119 cm³/mol. The van der Waals surface area contributed by atoms with E-state index in [-0.39, 0.29) is 11.1 Å². The summed E-state index contributed by atoms with van der Waals surface area (Å²) in [6.07, 6.45) is 0. The van der Waals surface area contributed by atoms with Crippen LogP contribution in [0.4, 0.5) is 11.4 Å². The Morgan fingerprint density at radius 2 is 1.30 bits per heavy atom. The molecule has 3 aromatic carbocycles. The van der Waals surface area contributed by atoms with E-state index in [4.69, 9.17) is 20.9 Å². The fourth-order valence-corrected chi connectivity index (χ4v) is 5.02. The minimum Gasteiger partial charge on any atom is -0.494 e. The molecule has 0 aliphatic rings. The van der Waals surface area contributed by atoms with E-state index < -0.39 is 0 Å². The Kier molecular flexibility index (Phi) is 6.63. The number of ether oxygens (including phenoxy) is 2. The molecule has 0 heterocycles. The molecular weight excluding hydrogens is 416 g/mol. The Bertz CT molecular complexity index is 1170. The zero-order chi connectivity index (χ0) is 21.7. The van der Waals surface area contributed by atoms with Crippen LogP contribution in [0.25, 0.3) is 0 Å². The average molecular weight is 435 g/mol. The average Bonchev–Trinajstić information content (AvgIpc) is 2.76. The van der Waals surface area contributed by atoms with Gasteiger partial charge in [-0.25, -0.2) is 0 Å². The third-order valence-corrected chi connectivity index (χ3v) is 6.60. The molecule has 0 radical (unpaired) electrons. The minimum atomic E-state index is 0.121. The fourth-order valence-electron chi connectivity index (χ4n) is 2.79. The Hall–Kier alpha value is -3.46. The minimum absolute atomic E-state index is 0.121. The molecule has 6 nitrogen and oxygen atoms in total. The van der Waals surface area contributed by atoms with Crippen LogP contribution in [0.3, 0.4) is 0 Å². The fraction of sp³-hybridized carbons (Fsp3) is 0.0909. The van der Waals surface area contributed by atoms with Crippen LogP contribution in [-0.4, -0.2) is 14.2 Å². The summed E-state index contributed by atoms with van der Waals surface area (Å²) in [7, 11) is 2.95. The molecule has 3 aromatic rings. The van der Waals surface area contributed by atoms with Gasteiger partial charge in [0.2, 0.25) is 0 Å². The maximum atomic E-state index is 9.75. The van der Waals surface area contributed by atoms with Gasteiger partial charge in [0.15, 0.2) is 11.5 Å². The number of nitrogen functional groups attached to an aromatic ring is 2. The van der Waals surface area contributed by atoms with E-state index in [1.54, 1.807) is 18.2 Å². The molecule has 0 atom stereocenters. The van der Waals surface area contributed by atoms with E-state index in [0.717, 1.165) is 9.79 Å². The summed E-state index contributed by atoms with van der Waals surface area (Å²) in [5.74, 6) is 0.620. The molecule has 8 heteroatoms. The summed E-state index contributed by atoms with van der Waals surface area (Å²) in [6, 6.07) is 18.9. The molecule has 4 N–H and O–H groups in total. The molecular formula is C22H18N4O2S2. The predicted octanol–water partition coefficient (Wildman–Crippen LogP) is 4.91. The first-order valence-corrected chi connectivity index (χ1v) is 10.3. The second-order valence-corrected chi connectivity index (χ2v) is 8.15. The number of hydrogen-bond acceptors (Lipinski definition) is 8. The zero-order valence-electron chi connectivity index (χ0n) is 16.3. The highest BCUT2D eigenvalue weighted by molar-refractivity contribution is 8.02. The number of hydrogen-bond donors (Lipinski definition) is 2. The third kappa shape index (κ3) is 4.11. The van der Waals surface area contributed by atoms with Crippen molar-refractivity contribution in [3.05, 3.63) is 59.7 Å². The Balaban J connectivity index is 2.30. The molecule has 150 valence electrons. The van der Waals surface area contributed by atoms with Gasteiger partial charge in [0.25, 0.3) is 0 Å². The van der Waals surface area contributed by atoms with Crippen molar-refractivity contribution in [1.82, 2.24) is 0 Å². The summed E-state index contributed by atoms with van der Waals surface area (Å²) in [4.78, 5) is 2.99. The van der Waals surface area contributed by atoms with Crippen LogP contribution < -0.4 is 20.9 Å². The number of benzene rings is 3. The van der Waals surface area contributed by atoms with E-state index in [1.165, 1.54) is 37.7 Å². The number of nitrogens with two attached hydrogens (primary N) is 2. The van der Waals surface area contributed by atoms with Gasteiger partial charge >= 0.3 is 0 Å². The van der Waals surface area contributed by atoms with Crippen molar-refractivity contribution in [3.8, 4) is 23.6 Å². The second-order valence-electron chi connectivity index (χ2n) is 6.01. The van der Waals surface area contributed by atoms with Crippen LogP contribution in [0.2, 0.25) is 0 Å². The monoisotopic (exact) mass is 434 g/mol. The molecule has 0 aromatic heterocycles. The Labute approximate surface area is 183 Å². The molecule has 0 aliphatic carbocycles. The molecule has 0 saturated heterocycles. The number of para-hydroxylation sites is 1. The number of nitriles is 2. The van der Waals surface area contributed by atoms with Gasteiger partial charge < -0.3 is 20.9 Å². The summed E-state index contributed by atoms with van der Waals surface area (Å²) in [6.45, 7) is 0. The van der Waals surface area contributed by atoms with Crippen LogP contribution in [0.15, 0.2) is 68.1 Å². The Morgan fingerprint density at radius 3 is 1.80 bits per heavy atom. The van der Waals surface area contributed by atoms with E-state index in [0.29, 0.717) is 32.7 Å². The molecule has 0 unspecified atom stereocenters. The zero-order valence-corrected chi connectivity index (χ0v) is 17.9. The molecule has 3 rings (SSSR count). The molecule has 0 aliphatic heterocycles. The first kappa shape index (κ1) is 21.3. The lowest BCUT2D eigenvalue weighted by molar-refractivity contribution is 0.382. The van der Waals surface area contributed by atoms with Crippen LogP contribution in [0.5, 0.6) is 11.5 Å². The van der Waals surface area contributed by atoms with E-state index in [2.05, 4.69) is 12.1 Å². The van der Waals surface area contributed by atoms with Gasteiger partial charge in [-0.3, -0.25) is 0 Å². The van der Waals surface area contributed by atoms with Gasteiger partial charge in [-0.05, 0) is 36.4 Å². The van der Waals surface area contributed by atoms with Crippen LogP contribution >= 0.6 is 23.5 Å². The molecule has 0 spiro atoms. The topological polar surface area (TPSA) is 118 Å². The Morgan fingerprint density at radius 1 is 0.767 bits per heavy atom. The second kappa shape index (κ2) is 9.36. The van der Waals surface area contributed by atoms with E-state index in [9.17, 15) is 10.5 Å². The SMILES string of the molecule is COc1c(C#N)c(C#N)c(OC)c(Sc2ccccc2N)c1Sc1ccc(N)cc1. The maximum Gasteiger partial charge on any atom is 0.153 e.